The van der Waals surface area contributed by atoms with Crippen molar-refractivity contribution < 1.29 is 0 Å². The maximum absolute atomic E-state index is 5.96. The van der Waals surface area contributed by atoms with Crippen LogP contribution in [0.5, 0.6) is 0 Å². The Kier molecular flexibility index (Phi) is 4.88. The van der Waals surface area contributed by atoms with Gasteiger partial charge >= 0.3 is 0 Å². The monoisotopic (exact) mass is 344 g/mol. The highest BCUT2D eigenvalue weighted by Crippen LogP contribution is 2.22. The van der Waals surface area contributed by atoms with Gasteiger partial charge in [0.15, 0.2) is 0 Å². The predicted octanol–water partition coefficient (Wildman–Crippen LogP) is 3.59. The zero-order chi connectivity index (χ0) is 16.4. The predicted molar refractivity (Wildman–Crippen MR) is 97.7 cm³/mol. The topological polar surface area (TPSA) is 24.3 Å². The molecule has 2 aliphatic rings. The first-order chi connectivity index (χ1) is 11.8. The second-order valence-electron chi connectivity index (χ2n) is 7.04. The van der Waals surface area contributed by atoms with Crippen LogP contribution >= 0.6 is 11.6 Å². The van der Waals surface area contributed by atoms with Crippen molar-refractivity contribution in [2.24, 2.45) is 0 Å². The van der Waals surface area contributed by atoms with E-state index in [1.54, 1.807) is 0 Å². The minimum Gasteiger partial charge on any atom is -0.299 e. The van der Waals surface area contributed by atoms with Gasteiger partial charge in [-0.05, 0) is 69.6 Å². The van der Waals surface area contributed by atoms with Crippen LogP contribution in [-0.4, -0.2) is 51.8 Å². The third-order valence-corrected chi connectivity index (χ3v) is 5.52. The molecule has 0 bridgehead atoms. The quantitative estimate of drug-likeness (QED) is 0.847. The third-order valence-electron chi connectivity index (χ3n) is 5.27. The molecule has 3 heterocycles. The van der Waals surface area contributed by atoms with Gasteiger partial charge in [0.1, 0.15) is 0 Å². The normalized spacial score (nSPS) is 23.0. The lowest BCUT2D eigenvalue weighted by Gasteiger charge is -2.37. The molecule has 24 heavy (non-hydrogen) atoms. The van der Waals surface area contributed by atoms with Crippen LogP contribution in [0.4, 0.5) is 0 Å². The minimum atomic E-state index is 0.757. The number of hydrogen-bond donors (Lipinski definition) is 0. The van der Waals surface area contributed by atoms with Crippen molar-refractivity contribution in [3.8, 4) is 5.69 Å². The van der Waals surface area contributed by atoms with E-state index in [0.717, 1.165) is 23.3 Å². The smallest absolute Gasteiger partial charge is 0.0646 e. The Morgan fingerprint density at radius 3 is 2.62 bits per heavy atom. The van der Waals surface area contributed by atoms with Crippen LogP contribution < -0.4 is 0 Å². The average Bonchev–Trinajstić information content (AvgIpc) is 3.28. The Morgan fingerprint density at radius 1 is 1.04 bits per heavy atom. The molecule has 0 aliphatic carbocycles. The molecule has 1 aromatic heterocycles. The molecule has 0 radical (unpaired) electrons. The van der Waals surface area contributed by atoms with Crippen molar-refractivity contribution in [3.05, 3.63) is 47.2 Å². The Morgan fingerprint density at radius 2 is 1.83 bits per heavy atom. The van der Waals surface area contributed by atoms with Gasteiger partial charge in [-0.1, -0.05) is 11.6 Å². The molecule has 128 valence electrons. The van der Waals surface area contributed by atoms with Crippen molar-refractivity contribution >= 4 is 11.6 Å². The summed E-state index contributed by atoms with van der Waals surface area (Å²) in [5, 5.41) is 5.27. The third kappa shape index (κ3) is 3.66. The van der Waals surface area contributed by atoms with Gasteiger partial charge in [-0.25, -0.2) is 4.68 Å². The van der Waals surface area contributed by atoms with E-state index in [2.05, 4.69) is 21.1 Å². The van der Waals surface area contributed by atoms with E-state index in [0.29, 0.717) is 0 Å². The fourth-order valence-corrected chi connectivity index (χ4v) is 4.14. The van der Waals surface area contributed by atoms with Gasteiger partial charge in [0.05, 0.1) is 11.9 Å². The van der Waals surface area contributed by atoms with Crippen molar-refractivity contribution in [1.82, 2.24) is 19.6 Å². The molecule has 0 spiro atoms. The summed E-state index contributed by atoms with van der Waals surface area (Å²) in [5.74, 6) is 0. The first-order valence-electron chi connectivity index (χ1n) is 9.04. The standard InChI is InChI=1S/C19H25ClN4/c20-17-5-7-18(8-6-17)24-14-16(12-21-24)13-22-9-3-4-19(15-22)23-10-1-2-11-23/h5-8,12,14,19H,1-4,9-11,13,15H2. The van der Waals surface area contributed by atoms with E-state index in [1.807, 2.05) is 35.1 Å². The molecule has 0 N–H and O–H groups in total. The van der Waals surface area contributed by atoms with Gasteiger partial charge in [-0.15, -0.1) is 0 Å². The summed E-state index contributed by atoms with van der Waals surface area (Å²) in [6.45, 7) is 6.00. The molecular formula is C19H25ClN4. The summed E-state index contributed by atoms with van der Waals surface area (Å²) in [5.41, 5.74) is 2.34. The summed E-state index contributed by atoms with van der Waals surface area (Å²) in [6, 6.07) is 8.58. The van der Waals surface area contributed by atoms with Crippen LogP contribution in [-0.2, 0) is 6.54 Å². The molecular weight excluding hydrogens is 320 g/mol. The van der Waals surface area contributed by atoms with Crippen molar-refractivity contribution in [1.29, 1.82) is 0 Å². The fraction of sp³-hybridized carbons (Fsp3) is 0.526. The second kappa shape index (κ2) is 7.26. The maximum atomic E-state index is 5.96. The molecule has 0 saturated carbocycles. The molecule has 4 nitrogen and oxygen atoms in total. The number of hydrogen-bond acceptors (Lipinski definition) is 3. The summed E-state index contributed by atoms with van der Waals surface area (Å²) in [6.07, 6.45) is 9.57. The SMILES string of the molecule is Clc1ccc(-n2cc(CN3CCCC(N4CCCC4)C3)cn2)cc1. The van der Waals surface area contributed by atoms with Gasteiger partial charge in [0.25, 0.3) is 0 Å². The number of likely N-dealkylation sites (tertiary alicyclic amines) is 2. The molecule has 1 unspecified atom stereocenters. The van der Waals surface area contributed by atoms with Crippen LogP contribution in [0.3, 0.4) is 0 Å². The molecule has 2 aromatic rings. The zero-order valence-corrected chi connectivity index (χ0v) is 14.8. The van der Waals surface area contributed by atoms with Gasteiger partial charge < -0.3 is 0 Å². The van der Waals surface area contributed by atoms with Crippen LogP contribution in [0.15, 0.2) is 36.7 Å². The van der Waals surface area contributed by atoms with Crippen molar-refractivity contribution in [3.63, 3.8) is 0 Å². The van der Waals surface area contributed by atoms with Crippen LogP contribution in [0.2, 0.25) is 5.02 Å². The lowest BCUT2D eigenvalue weighted by atomic mass is 10.0. The van der Waals surface area contributed by atoms with E-state index >= 15 is 0 Å². The minimum absolute atomic E-state index is 0.757. The summed E-state index contributed by atoms with van der Waals surface area (Å²) >= 11 is 5.96. The molecule has 1 aromatic carbocycles. The van der Waals surface area contributed by atoms with E-state index < -0.39 is 0 Å². The van der Waals surface area contributed by atoms with Crippen molar-refractivity contribution in [2.75, 3.05) is 26.2 Å². The number of benzene rings is 1. The molecule has 0 amide bonds. The zero-order valence-electron chi connectivity index (χ0n) is 14.1. The van der Waals surface area contributed by atoms with Crippen LogP contribution in [0.1, 0.15) is 31.2 Å². The largest absolute Gasteiger partial charge is 0.299 e. The number of halogens is 1. The number of rotatable bonds is 4. The Labute approximate surface area is 149 Å². The number of aromatic nitrogens is 2. The molecule has 2 fully saturated rings. The van der Waals surface area contributed by atoms with Gasteiger partial charge in [-0.3, -0.25) is 9.80 Å². The first-order valence-corrected chi connectivity index (χ1v) is 9.42. The first kappa shape index (κ1) is 16.1. The average molecular weight is 345 g/mol. The highest BCUT2D eigenvalue weighted by molar-refractivity contribution is 6.30. The summed E-state index contributed by atoms with van der Waals surface area (Å²) < 4.78 is 1.94. The highest BCUT2D eigenvalue weighted by atomic mass is 35.5. The van der Waals surface area contributed by atoms with E-state index in [4.69, 9.17) is 11.6 Å². The molecule has 2 aliphatic heterocycles. The van der Waals surface area contributed by atoms with Crippen LogP contribution in [0, 0.1) is 0 Å². The van der Waals surface area contributed by atoms with Crippen molar-refractivity contribution in [2.45, 2.75) is 38.3 Å². The molecule has 1 atom stereocenters. The number of nitrogens with zero attached hydrogens (tertiary/aromatic N) is 4. The Hall–Kier alpha value is -1.36. The second-order valence-corrected chi connectivity index (χ2v) is 7.48. The van der Waals surface area contributed by atoms with Crippen LogP contribution in [0.25, 0.3) is 5.69 Å². The lowest BCUT2D eigenvalue weighted by Crippen LogP contribution is -2.46. The van der Waals surface area contributed by atoms with E-state index in [1.165, 1.54) is 57.4 Å². The fourth-order valence-electron chi connectivity index (χ4n) is 4.01. The molecule has 5 heteroatoms. The van der Waals surface area contributed by atoms with Gasteiger partial charge in [0, 0.05) is 35.9 Å². The lowest BCUT2D eigenvalue weighted by molar-refractivity contribution is 0.110. The Bertz CT molecular complexity index is 660. The highest BCUT2D eigenvalue weighted by Gasteiger charge is 2.27. The number of piperidine rings is 1. The summed E-state index contributed by atoms with van der Waals surface area (Å²) in [4.78, 5) is 5.29. The Balaban J connectivity index is 1.39. The molecule has 2 saturated heterocycles. The van der Waals surface area contributed by atoms with E-state index in [9.17, 15) is 0 Å². The van der Waals surface area contributed by atoms with Gasteiger partial charge in [0.2, 0.25) is 0 Å². The van der Waals surface area contributed by atoms with E-state index in [-0.39, 0.29) is 0 Å². The summed E-state index contributed by atoms with van der Waals surface area (Å²) in [7, 11) is 0. The maximum Gasteiger partial charge on any atom is 0.0646 e. The van der Waals surface area contributed by atoms with Gasteiger partial charge in [-0.2, -0.15) is 5.10 Å². The molecule has 4 rings (SSSR count).